The van der Waals surface area contributed by atoms with Crippen LogP contribution in [0.15, 0.2) is 24.3 Å². The van der Waals surface area contributed by atoms with Gasteiger partial charge in [-0.1, -0.05) is 18.5 Å². The number of hydrogen-bond donors (Lipinski definition) is 1. The predicted octanol–water partition coefficient (Wildman–Crippen LogP) is 1.74. The van der Waals surface area contributed by atoms with Crippen molar-refractivity contribution in [3.63, 3.8) is 0 Å². The molecule has 1 fully saturated rings. The highest BCUT2D eigenvalue weighted by molar-refractivity contribution is 7.91. The van der Waals surface area contributed by atoms with E-state index in [1.165, 1.54) is 4.90 Å². The van der Waals surface area contributed by atoms with Crippen LogP contribution in [0.1, 0.15) is 30.1 Å². The number of amides is 1. The lowest BCUT2D eigenvalue weighted by molar-refractivity contribution is 0.0485. The van der Waals surface area contributed by atoms with Crippen molar-refractivity contribution in [3.05, 3.63) is 34.9 Å². The van der Waals surface area contributed by atoms with Gasteiger partial charge >= 0.3 is 0 Å². The Morgan fingerprint density at radius 1 is 1.41 bits per heavy atom. The number of hydrogen-bond acceptors (Lipinski definition) is 4. The van der Waals surface area contributed by atoms with Gasteiger partial charge in [-0.3, -0.25) is 4.79 Å². The Bertz CT molecular complexity index is 625. The molecule has 0 bridgehead atoms. The third kappa shape index (κ3) is 3.80. The number of benzene rings is 1. The predicted molar refractivity (Wildman–Crippen MR) is 85.8 cm³/mol. The molecule has 0 spiro atoms. The van der Waals surface area contributed by atoms with Gasteiger partial charge in [-0.15, -0.1) is 0 Å². The molecule has 1 N–H and O–H groups in total. The molecule has 1 aliphatic rings. The van der Waals surface area contributed by atoms with Crippen LogP contribution >= 0.6 is 11.6 Å². The summed E-state index contributed by atoms with van der Waals surface area (Å²) in [5.41, 5.74) is 0.445. The lowest BCUT2D eigenvalue weighted by atomic mass is 10.1. The van der Waals surface area contributed by atoms with E-state index in [0.717, 1.165) is 0 Å². The third-order valence-corrected chi connectivity index (χ3v) is 6.01. The van der Waals surface area contributed by atoms with Gasteiger partial charge in [0.15, 0.2) is 9.84 Å². The minimum Gasteiger partial charge on any atom is -0.394 e. The van der Waals surface area contributed by atoms with Crippen LogP contribution in [0.3, 0.4) is 0 Å². The van der Waals surface area contributed by atoms with Crippen LogP contribution in [0.2, 0.25) is 5.02 Å². The molecular weight excluding hydrogens is 326 g/mol. The highest BCUT2D eigenvalue weighted by atomic mass is 35.5. The molecule has 1 aromatic carbocycles. The Hall–Kier alpha value is -1.11. The van der Waals surface area contributed by atoms with Crippen LogP contribution in [0.5, 0.6) is 0 Å². The lowest BCUT2D eigenvalue weighted by Crippen LogP contribution is -2.49. The van der Waals surface area contributed by atoms with E-state index in [0.29, 0.717) is 23.4 Å². The minimum atomic E-state index is -3.11. The summed E-state index contributed by atoms with van der Waals surface area (Å²) < 4.78 is 23.5. The van der Waals surface area contributed by atoms with Crippen LogP contribution in [0.25, 0.3) is 0 Å². The number of carbonyl (C=O) groups excluding carboxylic acids is 1. The molecule has 7 heteroatoms. The molecule has 5 nitrogen and oxygen atoms in total. The largest absolute Gasteiger partial charge is 0.394 e. The van der Waals surface area contributed by atoms with Gasteiger partial charge in [0.05, 0.1) is 24.2 Å². The first kappa shape index (κ1) is 17.2. The fourth-order valence-electron chi connectivity index (χ4n) is 2.78. The fourth-order valence-corrected chi connectivity index (χ4v) is 4.62. The highest BCUT2D eigenvalue weighted by Crippen LogP contribution is 2.24. The summed E-state index contributed by atoms with van der Waals surface area (Å²) in [5.74, 6) is -0.216. The molecule has 22 heavy (non-hydrogen) atoms. The molecule has 1 heterocycles. The Morgan fingerprint density at radius 3 is 2.50 bits per heavy atom. The van der Waals surface area contributed by atoms with E-state index >= 15 is 0 Å². The van der Waals surface area contributed by atoms with Crippen molar-refractivity contribution in [1.29, 1.82) is 0 Å². The number of sulfone groups is 1. The molecule has 0 unspecified atom stereocenters. The molecule has 0 radical (unpaired) electrons. The summed E-state index contributed by atoms with van der Waals surface area (Å²) >= 11 is 5.83. The maximum atomic E-state index is 12.8. The maximum Gasteiger partial charge on any atom is 0.254 e. The number of rotatable bonds is 5. The minimum absolute atomic E-state index is 0.0389. The first-order valence-electron chi connectivity index (χ1n) is 7.27. The molecule has 1 aliphatic heterocycles. The summed E-state index contributed by atoms with van der Waals surface area (Å²) in [7, 11) is -3.11. The summed E-state index contributed by atoms with van der Waals surface area (Å²) in [6.45, 7) is 1.68. The quantitative estimate of drug-likeness (QED) is 0.882. The standard InChI is InChI=1S/C15H20ClNO4S/c1-2-13(9-18)17(14-7-8-22(20,21)10-14)15(19)11-3-5-12(16)6-4-11/h3-6,13-14,18H,2,7-10H2,1H3/t13-,14+/m0/s1. The zero-order valence-electron chi connectivity index (χ0n) is 12.4. The van der Waals surface area contributed by atoms with Gasteiger partial charge < -0.3 is 10.0 Å². The molecular formula is C15H20ClNO4S. The van der Waals surface area contributed by atoms with Crippen LogP contribution in [-0.2, 0) is 9.84 Å². The van der Waals surface area contributed by atoms with Crippen LogP contribution in [0.4, 0.5) is 0 Å². The first-order valence-corrected chi connectivity index (χ1v) is 9.47. The van der Waals surface area contributed by atoms with E-state index < -0.39 is 9.84 Å². The monoisotopic (exact) mass is 345 g/mol. The highest BCUT2D eigenvalue weighted by Gasteiger charge is 2.37. The Balaban J connectivity index is 2.31. The molecule has 0 aliphatic carbocycles. The van der Waals surface area contributed by atoms with Crippen molar-refractivity contribution in [2.24, 2.45) is 0 Å². The van der Waals surface area contributed by atoms with Crippen molar-refractivity contribution in [3.8, 4) is 0 Å². The van der Waals surface area contributed by atoms with E-state index in [-0.39, 0.29) is 36.1 Å². The molecule has 1 saturated heterocycles. The van der Waals surface area contributed by atoms with Gasteiger partial charge in [0.25, 0.3) is 5.91 Å². The number of aliphatic hydroxyl groups is 1. The Labute approximate surface area is 135 Å². The SMILES string of the molecule is CC[C@@H](CO)N(C(=O)c1ccc(Cl)cc1)[C@@H]1CCS(=O)(=O)C1. The molecule has 0 saturated carbocycles. The van der Waals surface area contributed by atoms with E-state index in [2.05, 4.69) is 0 Å². The number of nitrogens with zero attached hydrogens (tertiary/aromatic N) is 1. The van der Waals surface area contributed by atoms with Crippen molar-refractivity contribution in [1.82, 2.24) is 4.90 Å². The fraction of sp³-hybridized carbons (Fsp3) is 0.533. The Morgan fingerprint density at radius 2 is 2.05 bits per heavy atom. The van der Waals surface area contributed by atoms with Gasteiger partial charge in [0.2, 0.25) is 0 Å². The summed E-state index contributed by atoms with van der Waals surface area (Å²) in [6.07, 6.45) is 0.977. The maximum absolute atomic E-state index is 12.8. The zero-order chi connectivity index (χ0) is 16.3. The second-order valence-corrected chi connectivity index (χ2v) is 8.19. The van der Waals surface area contributed by atoms with Crippen LogP contribution < -0.4 is 0 Å². The van der Waals surface area contributed by atoms with Gasteiger partial charge in [-0.25, -0.2) is 8.42 Å². The van der Waals surface area contributed by atoms with Gasteiger partial charge in [0, 0.05) is 16.6 Å². The second kappa shape index (κ2) is 6.98. The summed E-state index contributed by atoms with van der Waals surface area (Å²) in [6, 6.07) is 5.71. The van der Waals surface area contributed by atoms with Crippen LogP contribution in [-0.4, -0.2) is 54.5 Å². The topological polar surface area (TPSA) is 74.7 Å². The van der Waals surface area contributed by atoms with Crippen molar-refractivity contribution >= 4 is 27.3 Å². The van der Waals surface area contributed by atoms with Crippen molar-refractivity contribution in [2.75, 3.05) is 18.1 Å². The summed E-state index contributed by atoms with van der Waals surface area (Å²) in [5, 5.41) is 10.1. The zero-order valence-corrected chi connectivity index (χ0v) is 14.0. The van der Waals surface area contributed by atoms with Crippen LogP contribution in [0, 0.1) is 0 Å². The Kier molecular flexibility index (Phi) is 5.47. The molecule has 0 aromatic heterocycles. The van der Waals surface area contributed by atoms with Crippen molar-refractivity contribution in [2.45, 2.75) is 31.8 Å². The molecule has 122 valence electrons. The molecule has 1 aromatic rings. The second-order valence-electron chi connectivity index (χ2n) is 5.52. The molecule has 1 amide bonds. The van der Waals surface area contributed by atoms with Gasteiger partial charge in [-0.2, -0.15) is 0 Å². The number of carbonyl (C=O) groups is 1. The molecule has 2 atom stereocenters. The van der Waals surface area contributed by atoms with Crippen molar-refractivity contribution < 1.29 is 18.3 Å². The average molecular weight is 346 g/mol. The third-order valence-electron chi connectivity index (χ3n) is 4.00. The summed E-state index contributed by atoms with van der Waals surface area (Å²) in [4.78, 5) is 14.3. The smallest absolute Gasteiger partial charge is 0.254 e. The normalized spacial score (nSPS) is 21.5. The molecule has 2 rings (SSSR count). The first-order chi connectivity index (χ1) is 10.4. The van der Waals surface area contributed by atoms with E-state index in [1.807, 2.05) is 6.92 Å². The number of halogens is 1. The van der Waals surface area contributed by atoms with E-state index in [1.54, 1.807) is 24.3 Å². The van der Waals surface area contributed by atoms with Gasteiger partial charge in [-0.05, 0) is 37.1 Å². The van der Waals surface area contributed by atoms with E-state index in [4.69, 9.17) is 11.6 Å². The van der Waals surface area contributed by atoms with E-state index in [9.17, 15) is 18.3 Å². The van der Waals surface area contributed by atoms with Gasteiger partial charge in [0.1, 0.15) is 0 Å². The lowest BCUT2D eigenvalue weighted by Gasteiger charge is -2.34. The number of aliphatic hydroxyl groups excluding tert-OH is 1. The average Bonchev–Trinajstić information content (AvgIpc) is 2.84.